The molecule has 2 N–H and O–H groups in total. The van der Waals surface area contributed by atoms with Crippen molar-refractivity contribution in [3.63, 3.8) is 0 Å². The van der Waals surface area contributed by atoms with Crippen molar-refractivity contribution in [2.75, 3.05) is 19.8 Å². The third kappa shape index (κ3) is 9.69. The lowest BCUT2D eigenvalue weighted by molar-refractivity contribution is -0.145. The average molecular weight is 217 g/mol. The molecule has 4 heteroatoms. The first-order chi connectivity index (χ1) is 7.20. The summed E-state index contributed by atoms with van der Waals surface area (Å²) in [6.07, 6.45) is 3.15. The van der Waals surface area contributed by atoms with Crippen molar-refractivity contribution >= 4 is 5.97 Å². The molecule has 15 heavy (non-hydrogen) atoms. The predicted octanol–water partition coefficient (Wildman–Crippen LogP) is 1.47. The molecular formula is C11H23NO3. The van der Waals surface area contributed by atoms with Gasteiger partial charge in [-0.2, -0.15) is 0 Å². The third-order valence-corrected chi connectivity index (χ3v) is 1.93. The number of carbonyl (C=O) groups excluding carboxylic acids is 1. The number of rotatable bonds is 9. The van der Waals surface area contributed by atoms with Crippen LogP contribution in [0.2, 0.25) is 0 Å². The van der Waals surface area contributed by atoms with Crippen LogP contribution in [-0.4, -0.2) is 31.8 Å². The molecule has 0 fully saturated rings. The fourth-order valence-electron chi connectivity index (χ4n) is 1.21. The fraction of sp³-hybridized carbons (Fsp3) is 0.909. The zero-order valence-corrected chi connectivity index (χ0v) is 9.83. The van der Waals surface area contributed by atoms with Crippen LogP contribution in [0.5, 0.6) is 0 Å². The second kappa shape index (κ2) is 9.93. The lowest BCUT2D eigenvalue weighted by Gasteiger charge is -2.09. The first-order valence-corrected chi connectivity index (χ1v) is 5.69. The minimum absolute atomic E-state index is 0.0703. The zero-order valence-electron chi connectivity index (χ0n) is 9.83. The molecule has 1 atom stereocenters. The summed E-state index contributed by atoms with van der Waals surface area (Å²) in [5.74, 6) is -0.226. The van der Waals surface area contributed by atoms with Crippen LogP contribution in [0, 0.1) is 0 Å². The van der Waals surface area contributed by atoms with Crippen LogP contribution in [0.15, 0.2) is 0 Å². The van der Waals surface area contributed by atoms with Gasteiger partial charge in [0.1, 0.15) is 6.61 Å². The number of hydrogen-bond acceptors (Lipinski definition) is 4. The monoisotopic (exact) mass is 217 g/mol. The SMILES string of the molecule is CCCOCCOC(=O)CC(N)CCC. The number of esters is 1. The molecule has 0 aromatic carbocycles. The minimum Gasteiger partial charge on any atom is -0.463 e. The molecule has 0 aliphatic rings. The summed E-state index contributed by atoms with van der Waals surface area (Å²) in [6.45, 7) is 5.60. The van der Waals surface area contributed by atoms with Crippen LogP contribution in [0.3, 0.4) is 0 Å². The minimum atomic E-state index is -0.226. The highest BCUT2D eigenvalue weighted by Gasteiger charge is 2.09. The number of hydrogen-bond donors (Lipinski definition) is 1. The summed E-state index contributed by atoms with van der Waals surface area (Å²) < 4.78 is 10.1. The van der Waals surface area contributed by atoms with Gasteiger partial charge in [-0.25, -0.2) is 0 Å². The molecule has 0 saturated heterocycles. The van der Waals surface area contributed by atoms with Crippen LogP contribution in [-0.2, 0) is 14.3 Å². The number of ether oxygens (including phenoxy) is 2. The van der Waals surface area contributed by atoms with E-state index in [-0.39, 0.29) is 12.0 Å². The molecule has 0 aromatic heterocycles. The molecule has 4 nitrogen and oxygen atoms in total. The Morgan fingerprint density at radius 2 is 1.93 bits per heavy atom. The second-order valence-electron chi connectivity index (χ2n) is 3.59. The van der Waals surface area contributed by atoms with Crippen LogP contribution in [0.25, 0.3) is 0 Å². The van der Waals surface area contributed by atoms with E-state index in [0.717, 1.165) is 19.3 Å². The van der Waals surface area contributed by atoms with E-state index in [0.29, 0.717) is 26.2 Å². The molecule has 0 aromatic rings. The van der Waals surface area contributed by atoms with Gasteiger partial charge in [-0.3, -0.25) is 4.79 Å². The molecule has 0 bridgehead atoms. The van der Waals surface area contributed by atoms with Gasteiger partial charge in [0.25, 0.3) is 0 Å². The van der Waals surface area contributed by atoms with Crippen LogP contribution in [0.1, 0.15) is 39.5 Å². The molecule has 0 saturated carbocycles. The van der Waals surface area contributed by atoms with Gasteiger partial charge in [0, 0.05) is 12.6 Å². The number of carbonyl (C=O) groups is 1. The molecule has 90 valence electrons. The van der Waals surface area contributed by atoms with Crippen molar-refractivity contribution in [2.24, 2.45) is 5.73 Å². The van der Waals surface area contributed by atoms with E-state index in [4.69, 9.17) is 15.2 Å². The molecule has 0 heterocycles. The highest BCUT2D eigenvalue weighted by atomic mass is 16.6. The first-order valence-electron chi connectivity index (χ1n) is 5.69. The van der Waals surface area contributed by atoms with E-state index in [2.05, 4.69) is 0 Å². The summed E-state index contributed by atoms with van der Waals surface area (Å²) in [5, 5.41) is 0. The molecule has 0 aliphatic heterocycles. The van der Waals surface area contributed by atoms with E-state index < -0.39 is 0 Å². The molecule has 0 rings (SSSR count). The highest BCUT2D eigenvalue weighted by Crippen LogP contribution is 1.99. The van der Waals surface area contributed by atoms with Crippen molar-refractivity contribution < 1.29 is 14.3 Å². The lowest BCUT2D eigenvalue weighted by atomic mass is 10.1. The summed E-state index contributed by atoms with van der Waals surface area (Å²) in [4.78, 5) is 11.2. The summed E-state index contributed by atoms with van der Waals surface area (Å²) in [7, 11) is 0. The van der Waals surface area contributed by atoms with E-state index in [1.807, 2.05) is 13.8 Å². The van der Waals surface area contributed by atoms with E-state index in [1.165, 1.54) is 0 Å². The standard InChI is InChI=1S/C11H23NO3/c1-3-5-10(12)9-11(13)15-8-7-14-6-4-2/h10H,3-9,12H2,1-2H3. The van der Waals surface area contributed by atoms with Gasteiger partial charge < -0.3 is 15.2 Å². The maximum absolute atomic E-state index is 11.2. The largest absolute Gasteiger partial charge is 0.463 e. The molecular weight excluding hydrogens is 194 g/mol. The van der Waals surface area contributed by atoms with Crippen molar-refractivity contribution in [3.8, 4) is 0 Å². The topological polar surface area (TPSA) is 61.5 Å². The van der Waals surface area contributed by atoms with E-state index in [1.54, 1.807) is 0 Å². The number of nitrogens with two attached hydrogens (primary N) is 1. The van der Waals surface area contributed by atoms with E-state index >= 15 is 0 Å². The maximum atomic E-state index is 11.2. The maximum Gasteiger partial charge on any atom is 0.307 e. The molecule has 0 amide bonds. The van der Waals surface area contributed by atoms with Gasteiger partial charge in [-0.05, 0) is 12.8 Å². The summed E-state index contributed by atoms with van der Waals surface area (Å²) >= 11 is 0. The summed E-state index contributed by atoms with van der Waals surface area (Å²) in [5.41, 5.74) is 5.70. The average Bonchev–Trinajstić information content (AvgIpc) is 2.17. The predicted molar refractivity (Wildman–Crippen MR) is 59.6 cm³/mol. The van der Waals surface area contributed by atoms with Gasteiger partial charge in [-0.15, -0.1) is 0 Å². The van der Waals surface area contributed by atoms with Crippen LogP contribution >= 0.6 is 0 Å². The molecule has 0 aliphatic carbocycles. The second-order valence-corrected chi connectivity index (χ2v) is 3.59. The molecule has 1 unspecified atom stereocenters. The van der Waals surface area contributed by atoms with Crippen LogP contribution < -0.4 is 5.73 Å². The van der Waals surface area contributed by atoms with Crippen molar-refractivity contribution in [3.05, 3.63) is 0 Å². The van der Waals surface area contributed by atoms with Crippen LogP contribution in [0.4, 0.5) is 0 Å². The van der Waals surface area contributed by atoms with Gasteiger partial charge in [0.15, 0.2) is 0 Å². The molecule has 0 radical (unpaired) electrons. The quantitative estimate of drug-likeness (QED) is 0.469. The third-order valence-electron chi connectivity index (χ3n) is 1.93. The van der Waals surface area contributed by atoms with E-state index in [9.17, 15) is 4.79 Å². The molecule has 0 spiro atoms. The normalized spacial score (nSPS) is 12.5. The van der Waals surface area contributed by atoms with Crippen molar-refractivity contribution in [1.29, 1.82) is 0 Å². The Morgan fingerprint density at radius 3 is 2.53 bits per heavy atom. The van der Waals surface area contributed by atoms with Gasteiger partial charge in [0.05, 0.1) is 13.0 Å². The Labute approximate surface area is 92.1 Å². The Balaban J connectivity index is 3.32. The Bertz CT molecular complexity index is 162. The van der Waals surface area contributed by atoms with Gasteiger partial charge >= 0.3 is 5.97 Å². The first kappa shape index (κ1) is 14.4. The smallest absolute Gasteiger partial charge is 0.307 e. The van der Waals surface area contributed by atoms with Gasteiger partial charge in [-0.1, -0.05) is 20.3 Å². The highest BCUT2D eigenvalue weighted by molar-refractivity contribution is 5.70. The fourth-order valence-corrected chi connectivity index (χ4v) is 1.21. The lowest BCUT2D eigenvalue weighted by Crippen LogP contribution is -2.25. The Morgan fingerprint density at radius 1 is 1.20 bits per heavy atom. The van der Waals surface area contributed by atoms with Crippen molar-refractivity contribution in [1.82, 2.24) is 0 Å². The van der Waals surface area contributed by atoms with Gasteiger partial charge in [0.2, 0.25) is 0 Å². The summed E-state index contributed by atoms with van der Waals surface area (Å²) in [6, 6.07) is -0.0703. The Hall–Kier alpha value is -0.610. The zero-order chi connectivity index (χ0) is 11.5. The Kier molecular flexibility index (Phi) is 9.52. The van der Waals surface area contributed by atoms with Crippen molar-refractivity contribution in [2.45, 2.75) is 45.6 Å².